The molecule has 0 saturated heterocycles. The average Bonchev–Trinajstić information content (AvgIpc) is 2.69. The molecule has 2 heterocycles. The van der Waals surface area contributed by atoms with Gasteiger partial charge in [-0.05, 0) is 44.7 Å². The summed E-state index contributed by atoms with van der Waals surface area (Å²) in [6, 6.07) is 2.88. The molecule has 0 amide bonds. The Bertz CT molecular complexity index is 1270. The van der Waals surface area contributed by atoms with Crippen LogP contribution in [0.1, 0.15) is 29.7 Å². The molecule has 0 aliphatic heterocycles. The molecule has 0 unspecified atom stereocenters. The summed E-state index contributed by atoms with van der Waals surface area (Å²) >= 11 is 12.7. The number of H-pyrrole nitrogens is 2. The molecule has 0 bridgehead atoms. The number of hydrogen-bond acceptors (Lipinski definition) is 6. The highest BCUT2D eigenvalue weighted by Crippen LogP contribution is 2.39. The summed E-state index contributed by atoms with van der Waals surface area (Å²) in [4.78, 5) is 37.8. The molecule has 4 rings (SSSR count). The minimum atomic E-state index is -0.724. The molecule has 0 saturated carbocycles. The predicted molar refractivity (Wildman–Crippen MR) is 107 cm³/mol. The molecule has 0 atom stereocenters. The Labute approximate surface area is 173 Å². The first kappa shape index (κ1) is 19.4. The van der Waals surface area contributed by atoms with E-state index in [9.17, 15) is 14.4 Å². The molecule has 0 spiro atoms. The smallest absolute Gasteiger partial charge is 0.349 e. The molecule has 1 aliphatic carbocycles. The van der Waals surface area contributed by atoms with Crippen LogP contribution in [0.4, 0.5) is 0 Å². The van der Waals surface area contributed by atoms with Gasteiger partial charge in [0.2, 0.25) is 5.88 Å². The van der Waals surface area contributed by atoms with Gasteiger partial charge in [0.25, 0.3) is 11.1 Å². The van der Waals surface area contributed by atoms with E-state index in [1.165, 1.54) is 19.1 Å². The summed E-state index contributed by atoms with van der Waals surface area (Å²) in [7, 11) is 0. The summed E-state index contributed by atoms with van der Waals surface area (Å²) in [5, 5.41) is 10.6. The molecule has 11 heteroatoms. The van der Waals surface area contributed by atoms with Crippen LogP contribution in [0.25, 0.3) is 5.69 Å². The second-order valence-corrected chi connectivity index (χ2v) is 7.43. The van der Waals surface area contributed by atoms with Gasteiger partial charge in [-0.3, -0.25) is 14.6 Å². The second kappa shape index (κ2) is 7.49. The van der Waals surface area contributed by atoms with Crippen LogP contribution in [-0.4, -0.2) is 25.0 Å². The summed E-state index contributed by atoms with van der Waals surface area (Å²) < 4.78 is 6.83. The fourth-order valence-corrected chi connectivity index (χ4v) is 3.78. The molecule has 1 aliphatic rings. The molecular weight excluding hydrogens is 421 g/mol. The van der Waals surface area contributed by atoms with E-state index in [0.29, 0.717) is 18.4 Å². The Morgan fingerprint density at radius 3 is 2.38 bits per heavy atom. The number of rotatable bonds is 3. The van der Waals surface area contributed by atoms with Crippen molar-refractivity contribution in [2.24, 2.45) is 0 Å². The van der Waals surface area contributed by atoms with Crippen molar-refractivity contribution in [2.45, 2.75) is 32.6 Å². The van der Waals surface area contributed by atoms with Gasteiger partial charge < -0.3 is 4.74 Å². The number of ether oxygens (including phenoxy) is 1. The number of aromatic nitrogens is 5. The van der Waals surface area contributed by atoms with Crippen molar-refractivity contribution in [1.29, 1.82) is 0 Å². The van der Waals surface area contributed by atoms with Crippen molar-refractivity contribution in [2.75, 3.05) is 0 Å². The maximum absolute atomic E-state index is 12.1. The minimum absolute atomic E-state index is 0.112. The zero-order valence-electron chi connectivity index (χ0n) is 15.2. The molecule has 1 aromatic carbocycles. The molecule has 150 valence electrons. The first-order valence-corrected chi connectivity index (χ1v) is 9.58. The van der Waals surface area contributed by atoms with Crippen molar-refractivity contribution >= 4 is 23.2 Å². The Morgan fingerprint density at radius 1 is 1.03 bits per heavy atom. The van der Waals surface area contributed by atoms with Crippen LogP contribution in [0.5, 0.6) is 11.6 Å². The van der Waals surface area contributed by atoms with Crippen molar-refractivity contribution in [3.05, 3.63) is 70.2 Å². The Morgan fingerprint density at radius 2 is 1.69 bits per heavy atom. The van der Waals surface area contributed by atoms with E-state index >= 15 is 0 Å². The van der Waals surface area contributed by atoms with Gasteiger partial charge in [0.05, 0.1) is 15.7 Å². The SMILES string of the molecule is Cc1nn(-c2cc(Cl)c(Oc3n[nH]c(=O)c4c3CCCC4)c(Cl)c2)c(=O)[nH]c1=O. The standard InChI is InChI=1S/C18H15Cl2N5O4/c1-8-15(26)21-18(28)25(24-8)9-6-12(19)14(13(20)7-9)29-17-11-5-3-2-4-10(11)16(27)22-23-17/h6-7H,2-5H2,1H3,(H,22,27)(H,21,26,28). The normalized spacial score (nSPS) is 13.2. The van der Waals surface area contributed by atoms with E-state index in [1.54, 1.807) is 0 Å². The first-order valence-electron chi connectivity index (χ1n) is 8.83. The largest absolute Gasteiger partial charge is 0.434 e. The van der Waals surface area contributed by atoms with Gasteiger partial charge in [0, 0.05) is 11.1 Å². The number of fused-ring (bicyclic) bond motifs is 1. The van der Waals surface area contributed by atoms with Gasteiger partial charge in [-0.2, -0.15) is 9.78 Å². The van der Waals surface area contributed by atoms with Gasteiger partial charge >= 0.3 is 5.69 Å². The molecule has 0 radical (unpaired) electrons. The molecule has 9 nitrogen and oxygen atoms in total. The van der Waals surface area contributed by atoms with Crippen LogP contribution in [-0.2, 0) is 12.8 Å². The lowest BCUT2D eigenvalue weighted by Crippen LogP contribution is -2.32. The number of aromatic amines is 2. The van der Waals surface area contributed by atoms with E-state index in [0.717, 1.165) is 23.1 Å². The molecule has 2 aromatic heterocycles. The number of nitrogens with zero attached hydrogens (tertiary/aromatic N) is 3. The molecule has 29 heavy (non-hydrogen) atoms. The third-order valence-electron chi connectivity index (χ3n) is 4.68. The van der Waals surface area contributed by atoms with Crippen molar-refractivity contribution in [3.8, 4) is 17.3 Å². The monoisotopic (exact) mass is 435 g/mol. The first-order chi connectivity index (χ1) is 13.8. The fraction of sp³-hybridized carbons (Fsp3) is 0.278. The van der Waals surface area contributed by atoms with Crippen molar-refractivity contribution in [3.63, 3.8) is 0 Å². The van der Waals surface area contributed by atoms with Gasteiger partial charge in [0.15, 0.2) is 5.75 Å². The highest BCUT2D eigenvalue weighted by molar-refractivity contribution is 6.37. The molecular formula is C18H15Cl2N5O4. The second-order valence-electron chi connectivity index (χ2n) is 6.62. The fourth-order valence-electron chi connectivity index (χ4n) is 3.23. The van der Waals surface area contributed by atoms with Crippen LogP contribution in [0.15, 0.2) is 26.5 Å². The highest BCUT2D eigenvalue weighted by atomic mass is 35.5. The van der Waals surface area contributed by atoms with Crippen molar-refractivity contribution < 1.29 is 4.74 Å². The molecule has 0 fully saturated rings. The summed E-state index contributed by atoms with van der Waals surface area (Å²) in [5.74, 6) is 0.379. The number of nitrogens with one attached hydrogen (secondary N) is 2. The number of halogens is 2. The summed E-state index contributed by atoms with van der Waals surface area (Å²) in [6.07, 6.45) is 3.18. The predicted octanol–water partition coefficient (Wildman–Crippen LogP) is 2.29. The quantitative estimate of drug-likeness (QED) is 0.650. The minimum Gasteiger partial charge on any atom is -0.434 e. The maximum Gasteiger partial charge on any atom is 0.349 e. The lowest BCUT2D eigenvalue weighted by atomic mass is 9.94. The zero-order valence-corrected chi connectivity index (χ0v) is 16.7. The van der Waals surface area contributed by atoms with E-state index in [4.69, 9.17) is 27.9 Å². The highest BCUT2D eigenvalue weighted by Gasteiger charge is 2.21. The van der Waals surface area contributed by atoms with Crippen LogP contribution in [0.2, 0.25) is 10.0 Å². The summed E-state index contributed by atoms with van der Waals surface area (Å²) in [5.41, 5.74) is 0.248. The zero-order chi connectivity index (χ0) is 20.7. The number of benzene rings is 1. The lowest BCUT2D eigenvalue weighted by Gasteiger charge is -2.18. The third-order valence-corrected chi connectivity index (χ3v) is 5.24. The van der Waals surface area contributed by atoms with Crippen LogP contribution >= 0.6 is 23.2 Å². The molecule has 2 N–H and O–H groups in total. The Hall–Kier alpha value is -2.91. The number of aryl methyl sites for hydroxylation is 1. The number of hydrogen-bond donors (Lipinski definition) is 2. The summed E-state index contributed by atoms with van der Waals surface area (Å²) in [6.45, 7) is 1.47. The topological polar surface area (TPSA) is 123 Å². The van der Waals surface area contributed by atoms with Crippen LogP contribution < -0.4 is 21.5 Å². The van der Waals surface area contributed by atoms with E-state index < -0.39 is 11.2 Å². The van der Waals surface area contributed by atoms with Gasteiger partial charge in [-0.15, -0.1) is 5.10 Å². The van der Waals surface area contributed by atoms with E-state index in [1.807, 2.05) is 0 Å². The van der Waals surface area contributed by atoms with E-state index in [-0.39, 0.29) is 38.6 Å². The average molecular weight is 436 g/mol. The molecule has 3 aromatic rings. The Balaban J connectivity index is 1.77. The van der Waals surface area contributed by atoms with Gasteiger partial charge in [0.1, 0.15) is 5.69 Å². The van der Waals surface area contributed by atoms with Crippen LogP contribution in [0, 0.1) is 6.92 Å². The third kappa shape index (κ3) is 3.58. The van der Waals surface area contributed by atoms with Crippen LogP contribution in [0.3, 0.4) is 0 Å². The Kier molecular flexibility index (Phi) is 5.01. The maximum atomic E-state index is 12.1. The van der Waals surface area contributed by atoms with Gasteiger partial charge in [-0.1, -0.05) is 23.2 Å². The van der Waals surface area contributed by atoms with Crippen molar-refractivity contribution in [1.82, 2.24) is 25.0 Å². The van der Waals surface area contributed by atoms with E-state index in [2.05, 4.69) is 20.3 Å². The lowest BCUT2D eigenvalue weighted by molar-refractivity contribution is 0.440. The van der Waals surface area contributed by atoms with Gasteiger partial charge in [-0.25, -0.2) is 9.89 Å².